The first-order chi connectivity index (χ1) is 8.18. The lowest BCUT2D eigenvalue weighted by molar-refractivity contribution is 0.0993. The summed E-state index contributed by atoms with van der Waals surface area (Å²) in [5.74, 6) is -0.619. The second-order valence-electron chi connectivity index (χ2n) is 3.64. The highest BCUT2D eigenvalue weighted by molar-refractivity contribution is 5.91. The van der Waals surface area contributed by atoms with E-state index < -0.39 is 5.91 Å². The molecule has 0 bridgehead atoms. The summed E-state index contributed by atoms with van der Waals surface area (Å²) >= 11 is 0. The lowest BCUT2D eigenvalue weighted by Crippen LogP contribution is -2.20. The highest BCUT2D eigenvalue weighted by Gasteiger charge is 2.17. The van der Waals surface area contributed by atoms with E-state index in [1.807, 2.05) is 6.92 Å². The molecule has 0 radical (unpaired) electrons. The van der Waals surface area contributed by atoms with Gasteiger partial charge in [0.1, 0.15) is 5.69 Å². The Morgan fingerprint density at radius 3 is 2.59 bits per heavy atom. The number of nitrogens with zero attached hydrogens (tertiary/aromatic N) is 5. The van der Waals surface area contributed by atoms with Crippen LogP contribution in [0, 0.1) is 0 Å². The number of rotatable bonds is 4. The van der Waals surface area contributed by atoms with Gasteiger partial charge in [-0.15, -0.1) is 0 Å². The third kappa shape index (κ3) is 2.44. The van der Waals surface area contributed by atoms with Crippen molar-refractivity contribution in [1.29, 1.82) is 0 Å². The van der Waals surface area contributed by atoms with Crippen LogP contribution >= 0.6 is 0 Å². The Morgan fingerprint density at radius 2 is 1.94 bits per heavy atom. The number of aromatic nitrogens is 5. The molecule has 88 valence electrons. The zero-order valence-electron chi connectivity index (χ0n) is 9.32. The number of hydrogen-bond donors (Lipinski definition) is 1. The average Bonchev–Trinajstić information content (AvgIpc) is 2.81. The molecule has 2 aromatic rings. The second-order valence-corrected chi connectivity index (χ2v) is 3.64. The summed E-state index contributed by atoms with van der Waals surface area (Å²) < 4.78 is 0. The van der Waals surface area contributed by atoms with Gasteiger partial charge in [0.25, 0.3) is 5.91 Å². The van der Waals surface area contributed by atoms with Crippen LogP contribution in [-0.2, 0) is 6.54 Å². The fourth-order valence-electron chi connectivity index (χ4n) is 1.57. The van der Waals surface area contributed by atoms with Gasteiger partial charge in [-0.3, -0.25) is 9.78 Å². The van der Waals surface area contributed by atoms with Crippen molar-refractivity contribution in [3.63, 3.8) is 0 Å². The first-order valence-corrected chi connectivity index (χ1v) is 5.13. The minimum atomic E-state index is -0.576. The van der Waals surface area contributed by atoms with Gasteiger partial charge in [0.2, 0.25) is 0 Å². The van der Waals surface area contributed by atoms with Crippen molar-refractivity contribution in [2.45, 2.75) is 19.4 Å². The smallest absolute Gasteiger partial charge is 0.269 e. The predicted molar refractivity (Wildman–Crippen MR) is 59.0 cm³/mol. The molecule has 0 unspecified atom stereocenters. The molecule has 0 aromatic carbocycles. The van der Waals surface area contributed by atoms with Crippen LogP contribution in [0.3, 0.4) is 0 Å². The molecular formula is C10H12N6O. The van der Waals surface area contributed by atoms with Crippen LogP contribution in [0.5, 0.6) is 0 Å². The van der Waals surface area contributed by atoms with Gasteiger partial charge in [-0.1, -0.05) is 6.92 Å². The van der Waals surface area contributed by atoms with Gasteiger partial charge in [0.05, 0.1) is 24.6 Å². The first kappa shape index (κ1) is 11.2. The van der Waals surface area contributed by atoms with Crippen LogP contribution in [0.15, 0.2) is 24.8 Å². The molecule has 1 atom stereocenters. The maximum Gasteiger partial charge on any atom is 0.269 e. The predicted octanol–water partition coefficient (Wildman–Crippen LogP) is -0.0293. The molecule has 0 aliphatic rings. The maximum atomic E-state index is 11.2. The summed E-state index contributed by atoms with van der Waals surface area (Å²) in [7, 11) is 0. The standard InChI is InChI=1S/C10H12N6O/c1-7(6-16-14-4-5-15-16)8-9(10(11)17)13-3-2-12-8/h2-5,7H,6H2,1H3,(H2,11,17)/t7-/m0/s1. The fourth-order valence-corrected chi connectivity index (χ4v) is 1.57. The van der Waals surface area contributed by atoms with E-state index in [0.717, 1.165) is 0 Å². The lowest BCUT2D eigenvalue weighted by Gasteiger charge is -2.11. The molecule has 7 heteroatoms. The third-order valence-electron chi connectivity index (χ3n) is 2.33. The summed E-state index contributed by atoms with van der Waals surface area (Å²) in [5.41, 5.74) is 6.01. The zero-order valence-corrected chi connectivity index (χ0v) is 9.32. The van der Waals surface area contributed by atoms with E-state index in [2.05, 4.69) is 20.2 Å². The number of primary amides is 1. The van der Waals surface area contributed by atoms with E-state index in [1.54, 1.807) is 12.4 Å². The van der Waals surface area contributed by atoms with Crippen LogP contribution in [-0.4, -0.2) is 30.9 Å². The molecule has 2 N–H and O–H groups in total. The van der Waals surface area contributed by atoms with E-state index in [1.165, 1.54) is 17.2 Å². The van der Waals surface area contributed by atoms with E-state index in [4.69, 9.17) is 5.73 Å². The van der Waals surface area contributed by atoms with Crippen molar-refractivity contribution >= 4 is 5.91 Å². The van der Waals surface area contributed by atoms with Gasteiger partial charge >= 0.3 is 0 Å². The van der Waals surface area contributed by atoms with Crippen LogP contribution < -0.4 is 5.73 Å². The number of amides is 1. The van der Waals surface area contributed by atoms with Crippen molar-refractivity contribution in [2.24, 2.45) is 5.73 Å². The monoisotopic (exact) mass is 232 g/mol. The fraction of sp³-hybridized carbons (Fsp3) is 0.300. The number of carbonyl (C=O) groups excluding carboxylic acids is 1. The average molecular weight is 232 g/mol. The molecule has 17 heavy (non-hydrogen) atoms. The minimum Gasteiger partial charge on any atom is -0.364 e. The lowest BCUT2D eigenvalue weighted by atomic mass is 10.1. The zero-order chi connectivity index (χ0) is 12.3. The molecule has 0 aliphatic carbocycles. The molecule has 2 rings (SSSR count). The number of carbonyl (C=O) groups is 1. The Balaban J connectivity index is 2.24. The number of nitrogens with two attached hydrogens (primary N) is 1. The summed E-state index contributed by atoms with van der Waals surface area (Å²) in [5, 5.41) is 7.99. The van der Waals surface area contributed by atoms with Gasteiger partial charge in [0.15, 0.2) is 0 Å². The summed E-state index contributed by atoms with van der Waals surface area (Å²) in [6.07, 6.45) is 6.17. The van der Waals surface area contributed by atoms with E-state index in [9.17, 15) is 4.79 Å². The highest BCUT2D eigenvalue weighted by atomic mass is 16.1. The van der Waals surface area contributed by atoms with E-state index in [0.29, 0.717) is 12.2 Å². The van der Waals surface area contributed by atoms with Crippen LogP contribution in [0.4, 0.5) is 0 Å². The van der Waals surface area contributed by atoms with Crippen molar-refractivity contribution < 1.29 is 4.79 Å². The molecule has 2 aromatic heterocycles. The van der Waals surface area contributed by atoms with Gasteiger partial charge in [-0.05, 0) is 0 Å². The first-order valence-electron chi connectivity index (χ1n) is 5.13. The summed E-state index contributed by atoms with van der Waals surface area (Å²) in [6.45, 7) is 2.44. The van der Waals surface area contributed by atoms with Gasteiger partial charge in [0, 0.05) is 18.3 Å². The molecule has 0 fully saturated rings. The topological polar surface area (TPSA) is 99.6 Å². The van der Waals surface area contributed by atoms with Crippen molar-refractivity contribution in [2.75, 3.05) is 0 Å². The largest absolute Gasteiger partial charge is 0.364 e. The van der Waals surface area contributed by atoms with Gasteiger partial charge in [-0.2, -0.15) is 15.0 Å². The molecule has 0 spiro atoms. The molecule has 0 aliphatic heterocycles. The Bertz CT molecular complexity index is 509. The quantitative estimate of drug-likeness (QED) is 0.797. The normalized spacial score (nSPS) is 12.3. The Kier molecular flexibility index (Phi) is 3.08. The Hall–Kier alpha value is -2.31. The molecule has 0 saturated heterocycles. The second kappa shape index (κ2) is 4.69. The highest BCUT2D eigenvalue weighted by Crippen LogP contribution is 2.16. The maximum absolute atomic E-state index is 11.2. The Morgan fingerprint density at radius 1 is 1.29 bits per heavy atom. The van der Waals surface area contributed by atoms with Crippen molar-refractivity contribution in [3.8, 4) is 0 Å². The van der Waals surface area contributed by atoms with Crippen molar-refractivity contribution in [1.82, 2.24) is 25.0 Å². The molecule has 0 saturated carbocycles. The van der Waals surface area contributed by atoms with Crippen LogP contribution in [0.25, 0.3) is 0 Å². The SMILES string of the molecule is C[C@@H](Cn1nccn1)c1nccnc1C(N)=O. The molecule has 2 heterocycles. The van der Waals surface area contributed by atoms with Crippen molar-refractivity contribution in [3.05, 3.63) is 36.2 Å². The van der Waals surface area contributed by atoms with E-state index in [-0.39, 0.29) is 11.6 Å². The summed E-state index contributed by atoms with van der Waals surface area (Å²) in [6, 6.07) is 0. The minimum absolute atomic E-state index is 0.0430. The molecular weight excluding hydrogens is 220 g/mol. The van der Waals surface area contributed by atoms with Crippen LogP contribution in [0.1, 0.15) is 29.0 Å². The van der Waals surface area contributed by atoms with Gasteiger partial charge < -0.3 is 5.73 Å². The van der Waals surface area contributed by atoms with Crippen LogP contribution in [0.2, 0.25) is 0 Å². The molecule has 7 nitrogen and oxygen atoms in total. The third-order valence-corrected chi connectivity index (χ3v) is 2.33. The van der Waals surface area contributed by atoms with Gasteiger partial charge in [-0.25, -0.2) is 4.98 Å². The molecule has 1 amide bonds. The number of hydrogen-bond acceptors (Lipinski definition) is 5. The summed E-state index contributed by atoms with van der Waals surface area (Å²) in [4.78, 5) is 20.8. The Labute approximate surface area is 97.7 Å². The van der Waals surface area contributed by atoms with E-state index >= 15 is 0 Å².